The maximum atomic E-state index is 12.6. The maximum absolute atomic E-state index is 12.6. The number of carbonyl (C=O) groups is 3. The molecule has 0 saturated carbocycles. The van der Waals surface area contributed by atoms with Gasteiger partial charge in [0.1, 0.15) is 11.5 Å². The Morgan fingerprint density at radius 3 is 1.35 bits per heavy atom. The first-order valence-corrected chi connectivity index (χ1v) is 18.5. The van der Waals surface area contributed by atoms with Gasteiger partial charge in [-0.3, -0.25) is 4.89 Å². The fourth-order valence-electron chi connectivity index (χ4n) is 4.55. The summed E-state index contributed by atoms with van der Waals surface area (Å²) in [5, 5.41) is 0. The van der Waals surface area contributed by atoms with E-state index in [9.17, 15) is 18.9 Å². The smallest absolute Gasteiger partial charge is 0.462 e. The second kappa shape index (κ2) is 23.3. The Balaban J connectivity index is 0.000000353. The molecular formula is C38H51O10P. The van der Waals surface area contributed by atoms with Crippen LogP contribution in [-0.2, 0) is 28.4 Å². The number of phosphoric ester groups is 1. The molecule has 0 aliphatic carbocycles. The predicted octanol–water partition coefficient (Wildman–Crippen LogP) is 10.2. The molecule has 2 atom stereocenters. The lowest BCUT2D eigenvalue weighted by Crippen LogP contribution is -2.19. The first-order chi connectivity index (χ1) is 23.6. The number of esters is 2. The quantitative estimate of drug-likeness (QED) is 0.0487. The second-order valence-electron chi connectivity index (χ2n) is 11.5. The van der Waals surface area contributed by atoms with Gasteiger partial charge in [-0.05, 0) is 61.1 Å². The molecule has 3 rings (SSSR count). The second-order valence-corrected chi connectivity index (χ2v) is 12.9. The molecular weight excluding hydrogens is 647 g/mol. The van der Waals surface area contributed by atoms with Crippen molar-refractivity contribution < 1.29 is 47.0 Å². The highest BCUT2D eigenvalue weighted by Crippen LogP contribution is 2.49. The van der Waals surface area contributed by atoms with Crippen LogP contribution in [0.1, 0.15) is 107 Å². The highest BCUT2D eigenvalue weighted by atomic mass is 31.2. The van der Waals surface area contributed by atoms with Crippen molar-refractivity contribution in [1.82, 2.24) is 0 Å². The molecule has 11 heteroatoms. The standard InChI is InChI=1S/C24H38O4.C14H13O6P/c1-5-9-13-19(7-3)17-27-23(25)21-15-11-12-16-22(21)24(26)28-18-20(8-4)14-10-6-2;1-12(15)17-20-21(16,18-13-8-4-2-5-9-13)19-14-10-6-3-7-11-14/h11-12,15-16,19-20H,5-10,13-14,17-18H2,1-4H3;2-11H,1H3. The van der Waals surface area contributed by atoms with Crippen molar-refractivity contribution in [2.24, 2.45) is 11.8 Å². The van der Waals surface area contributed by atoms with E-state index >= 15 is 0 Å². The highest BCUT2D eigenvalue weighted by molar-refractivity contribution is 7.49. The summed E-state index contributed by atoms with van der Waals surface area (Å²) in [5.41, 5.74) is 0.582. The van der Waals surface area contributed by atoms with Gasteiger partial charge in [0.05, 0.1) is 24.3 Å². The van der Waals surface area contributed by atoms with Crippen molar-refractivity contribution in [1.29, 1.82) is 0 Å². The van der Waals surface area contributed by atoms with Gasteiger partial charge in [0, 0.05) is 6.92 Å². The van der Waals surface area contributed by atoms with Gasteiger partial charge in [0.15, 0.2) is 0 Å². The van der Waals surface area contributed by atoms with Gasteiger partial charge >= 0.3 is 25.7 Å². The number of rotatable bonds is 20. The van der Waals surface area contributed by atoms with Gasteiger partial charge in [-0.15, -0.1) is 0 Å². The molecule has 2 unspecified atom stereocenters. The summed E-state index contributed by atoms with van der Waals surface area (Å²) in [5.74, 6) is -0.420. The molecule has 0 N–H and O–H groups in total. The third-order valence-electron chi connectivity index (χ3n) is 7.52. The molecule has 0 bridgehead atoms. The van der Waals surface area contributed by atoms with E-state index in [0.717, 1.165) is 58.3 Å². The molecule has 0 aliphatic rings. The van der Waals surface area contributed by atoms with Crippen LogP contribution in [0.15, 0.2) is 84.9 Å². The van der Waals surface area contributed by atoms with E-state index in [4.69, 9.17) is 18.5 Å². The van der Waals surface area contributed by atoms with Crippen LogP contribution < -0.4 is 9.05 Å². The molecule has 0 spiro atoms. The molecule has 0 heterocycles. The summed E-state index contributed by atoms with van der Waals surface area (Å²) >= 11 is 0. The molecule has 3 aromatic rings. The molecule has 0 aliphatic heterocycles. The summed E-state index contributed by atoms with van der Waals surface area (Å²) in [6.07, 6.45) is 8.61. The van der Waals surface area contributed by atoms with E-state index in [0.29, 0.717) is 36.2 Å². The topological polar surface area (TPSA) is 124 Å². The van der Waals surface area contributed by atoms with Gasteiger partial charge < -0.3 is 18.5 Å². The SMILES string of the molecule is CC(=O)OOP(=O)(Oc1ccccc1)Oc1ccccc1.CCCCC(CC)COC(=O)c1ccccc1C(=O)OCC(CC)CCCC. The Labute approximate surface area is 290 Å². The highest BCUT2D eigenvalue weighted by Gasteiger charge is 2.34. The van der Waals surface area contributed by atoms with Crippen LogP contribution in [0.4, 0.5) is 0 Å². The molecule has 0 radical (unpaired) electrons. The van der Waals surface area contributed by atoms with Crippen molar-refractivity contribution >= 4 is 25.7 Å². The van der Waals surface area contributed by atoms with Crippen LogP contribution in [0.25, 0.3) is 0 Å². The molecule has 3 aromatic carbocycles. The fraction of sp³-hybridized carbons (Fsp3) is 0.447. The molecule has 0 amide bonds. The average Bonchev–Trinajstić information content (AvgIpc) is 3.12. The molecule has 10 nitrogen and oxygen atoms in total. The number of para-hydroxylation sites is 2. The van der Waals surface area contributed by atoms with Crippen LogP contribution >= 0.6 is 7.82 Å². The summed E-state index contributed by atoms with van der Waals surface area (Å²) in [6.45, 7) is 10.4. The van der Waals surface area contributed by atoms with Crippen molar-refractivity contribution in [2.75, 3.05) is 13.2 Å². The molecule has 49 heavy (non-hydrogen) atoms. The van der Waals surface area contributed by atoms with Gasteiger partial charge in [-0.2, -0.15) is 0 Å². The Morgan fingerprint density at radius 2 is 1.00 bits per heavy atom. The zero-order valence-corrected chi connectivity index (χ0v) is 30.2. The number of unbranched alkanes of at least 4 members (excludes halogenated alkanes) is 2. The lowest BCUT2D eigenvalue weighted by atomic mass is 10.0. The minimum Gasteiger partial charge on any atom is -0.462 e. The Kier molecular flexibility index (Phi) is 19.5. The van der Waals surface area contributed by atoms with Crippen LogP contribution in [-0.4, -0.2) is 31.1 Å². The van der Waals surface area contributed by atoms with Gasteiger partial charge in [0.25, 0.3) is 0 Å². The predicted molar refractivity (Wildman–Crippen MR) is 188 cm³/mol. The zero-order chi connectivity index (χ0) is 35.9. The number of hydrogen-bond donors (Lipinski definition) is 0. The van der Waals surface area contributed by atoms with Crippen LogP contribution in [0, 0.1) is 11.8 Å². The van der Waals surface area contributed by atoms with E-state index in [-0.39, 0.29) is 11.5 Å². The molecule has 0 aromatic heterocycles. The van der Waals surface area contributed by atoms with E-state index < -0.39 is 25.7 Å². The maximum Gasteiger partial charge on any atom is 0.625 e. The monoisotopic (exact) mass is 698 g/mol. The van der Waals surface area contributed by atoms with Crippen LogP contribution in [0.3, 0.4) is 0 Å². The largest absolute Gasteiger partial charge is 0.625 e. The first kappa shape index (κ1) is 41.0. The number of hydrogen-bond acceptors (Lipinski definition) is 10. The number of ether oxygens (including phenoxy) is 2. The summed E-state index contributed by atoms with van der Waals surface area (Å²) in [6, 6.07) is 23.3. The van der Waals surface area contributed by atoms with E-state index in [1.807, 2.05) is 0 Å². The Bertz CT molecular complexity index is 1330. The van der Waals surface area contributed by atoms with Crippen molar-refractivity contribution in [3.05, 3.63) is 96.1 Å². The van der Waals surface area contributed by atoms with Crippen molar-refractivity contribution in [2.45, 2.75) is 86.0 Å². The first-order valence-electron chi connectivity index (χ1n) is 17.0. The van der Waals surface area contributed by atoms with E-state index in [1.54, 1.807) is 84.9 Å². The summed E-state index contributed by atoms with van der Waals surface area (Å²) in [7, 11) is -4.16. The molecule has 0 saturated heterocycles. The van der Waals surface area contributed by atoms with Gasteiger partial charge in [0.2, 0.25) is 0 Å². The summed E-state index contributed by atoms with van der Waals surface area (Å²) in [4.78, 5) is 40.3. The Morgan fingerprint density at radius 1 is 0.612 bits per heavy atom. The van der Waals surface area contributed by atoms with Gasteiger partial charge in [-0.1, -0.05) is 119 Å². The zero-order valence-electron chi connectivity index (χ0n) is 29.3. The molecule has 0 fully saturated rings. The number of benzene rings is 3. The summed E-state index contributed by atoms with van der Waals surface area (Å²) < 4.78 is 38.5. The number of phosphoric acid groups is 1. The van der Waals surface area contributed by atoms with E-state index in [1.165, 1.54) is 0 Å². The lowest BCUT2D eigenvalue weighted by molar-refractivity contribution is -0.218. The number of carbonyl (C=O) groups excluding carboxylic acids is 3. The average molecular weight is 699 g/mol. The normalized spacial score (nSPS) is 12.0. The van der Waals surface area contributed by atoms with Gasteiger partial charge in [-0.25, -0.2) is 18.9 Å². The van der Waals surface area contributed by atoms with Crippen molar-refractivity contribution in [3.8, 4) is 11.5 Å². The minimum absolute atomic E-state index is 0.254. The minimum atomic E-state index is -4.16. The fourth-order valence-corrected chi connectivity index (χ4v) is 5.60. The van der Waals surface area contributed by atoms with E-state index in [2.05, 4.69) is 37.3 Å². The van der Waals surface area contributed by atoms with Crippen LogP contribution in [0.5, 0.6) is 11.5 Å². The Hall–Kier alpha value is -4.14. The third kappa shape index (κ3) is 16.2. The lowest BCUT2D eigenvalue weighted by Gasteiger charge is -2.17. The third-order valence-corrected chi connectivity index (χ3v) is 8.65. The van der Waals surface area contributed by atoms with Crippen molar-refractivity contribution in [3.63, 3.8) is 0 Å². The molecule has 268 valence electrons. The van der Waals surface area contributed by atoms with Crippen LogP contribution in [0.2, 0.25) is 0 Å².